The van der Waals surface area contributed by atoms with E-state index in [9.17, 15) is 8.78 Å². The van der Waals surface area contributed by atoms with Gasteiger partial charge in [0.05, 0.1) is 6.20 Å². The Bertz CT molecular complexity index is 517. The second-order valence-electron chi connectivity index (χ2n) is 4.39. The van der Waals surface area contributed by atoms with E-state index < -0.39 is 11.6 Å². The normalized spacial score (nSPS) is 12.7. The summed E-state index contributed by atoms with van der Waals surface area (Å²) in [6.07, 6.45) is 4.27. The molecule has 1 heterocycles. The summed E-state index contributed by atoms with van der Waals surface area (Å²) in [4.78, 5) is 0. The van der Waals surface area contributed by atoms with Gasteiger partial charge in [-0.15, -0.1) is 0 Å². The highest BCUT2D eigenvalue weighted by molar-refractivity contribution is 5.21. The first-order valence-electron chi connectivity index (χ1n) is 5.72. The average Bonchev–Trinajstić information content (AvgIpc) is 2.69. The van der Waals surface area contributed by atoms with Crippen LogP contribution in [0.2, 0.25) is 0 Å². The van der Waals surface area contributed by atoms with Gasteiger partial charge in [0.15, 0.2) is 0 Å². The zero-order valence-corrected chi connectivity index (χ0v) is 10.1. The minimum atomic E-state index is -0.545. The molecule has 0 aliphatic carbocycles. The third-order valence-electron chi connectivity index (χ3n) is 2.78. The van der Waals surface area contributed by atoms with Crippen LogP contribution in [0.15, 0.2) is 30.6 Å². The summed E-state index contributed by atoms with van der Waals surface area (Å²) in [5, 5.41) is 4.02. The molecule has 0 saturated heterocycles. The van der Waals surface area contributed by atoms with E-state index in [1.807, 2.05) is 13.2 Å². The second kappa shape index (κ2) is 5.27. The van der Waals surface area contributed by atoms with Gasteiger partial charge in [-0.25, -0.2) is 8.78 Å². The van der Waals surface area contributed by atoms with Crippen molar-refractivity contribution in [3.8, 4) is 0 Å². The van der Waals surface area contributed by atoms with Gasteiger partial charge in [0.1, 0.15) is 11.6 Å². The number of nitrogens with two attached hydrogens (primary N) is 1. The van der Waals surface area contributed by atoms with Gasteiger partial charge in [-0.2, -0.15) is 5.10 Å². The standard InChI is InChI=1S/C13H15F2N3/c1-18-8-9(7-17-18)5-10(16)6-11-12(14)3-2-4-13(11)15/h2-4,7-8,10H,5-6,16H2,1H3. The fourth-order valence-corrected chi connectivity index (χ4v) is 1.94. The molecule has 0 amide bonds. The van der Waals surface area contributed by atoms with Crippen molar-refractivity contribution < 1.29 is 8.78 Å². The minimum Gasteiger partial charge on any atom is -0.327 e. The molecule has 2 rings (SSSR count). The van der Waals surface area contributed by atoms with Crippen LogP contribution in [-0.2, 0) is 19.9 Å². The van der Waals surface area contributed by atoms with Gasteiger partial charge in [-0.3, -0.25) is 4.68 Å². The number of nitrogens with zero attached hydrogens (tertiary/aromatic N) is 2. The summed E-state index contributed by atoms with van der Waals surface area (Å²) < 4.78 is 28.6. The quantitative estimate of drug-likeness (QED) is 0.900. The first-order valence-corrected chi connectivity index (χ1v) is 5.72. The Morgan fingerprint density at radius 1 is 1.28 bits per heavy atom. The molecule has 5 heteroatoms. The lowest BCUT2D eigenvalue weighted by Gasteiger charge is -2.11. The van der Waals surface area contributed by atoms with Crippen molar-refractivity contribution in [2.24, 2.45) is 12.8 Å². The van der Waals surface area contributed by atoms with E-state index in [2.05, 4.69) is 5.10 Å². The third-order valence-corrected chi connectivity index (χ3v) is 2.78. The highest BCUT2D eigenvalue weighted by atomic mass is 19.1. The first kappa shape index (κ1) is 12.7. The molecular formula is C13H15F2N3. The molecule has 0 saturated carbocycles. The van der Waals surface area contributed by atoms with Crippen LogP contribution in [0.3, 0.4) is 0 Å². The van der Waals surface area contributed by atoms with Gasteiger partial charge in [-0.1, -0.05) is 6.07 Å². The van der Waals surface area contributed by atoms with E-state index in [0.717, 1.165) is 5.56 Å². The molecule has 0 aliphatic heterocycles. The molecule has 0 radical (unpaired) electrons. The molecule has 96 valence electrons. The molecule has 1 atom stereocenters. The Kier molecular flexibility index (Phi) is 3.72. The number of hydrogen-bond donors (Lipinski definition) is 1. The summed E-state index contributed by atoms with van der Waals surface area (Å²) in [5.74, 6) is -1.09. The number of aryl methyl sites for hydroxylation is 1. The molecule has 3 nitrogen and oxygen atoms in total. The molecule has 1 aromatic carbocycles. The van der Waals surface area contributed by atoms with E-state index in [1.54, 1.807) is 10.9 Å². The largest absolute Gasteiger partial charge is 0.327 e. The van der Waals surface area contributed by atoms with E-state index in [0.29, 0.717) is 6.42 Å². The lowest BCUT2D eigenvalue weighted by atomic mass is 10.0. The topological polar surface area (TPSA) is 43.8 Å². The van der Waals surface area contributed by atoms with Crippen molar-refractivity contribution in [3.63, 3.8) is 0 Å². The maximum absolute atomic E-state index is 13.4. The van der Waals surface area contributed by atoms with Crippen LogP contribution in [0.1, 0.15) is 11.1 Å². The van der Waals surface area contributed by atoms with E-state index in [1.165, 1.54) is 18.2 Å². The summed E-state index contributed by atoms with van der Waals surface area (Å²) in [6.45, 7) is 0. The van der Waals surface area contributed by atoms with Crippen LogP contribution in [0.4, 0.5) is 8.78 Å². The Morgan fingerprint density at radius 2 is 1.94 bits per heavy atom. The second-order valence-corrected chi connectivity index (χ2v) is 4.39. The van der Waals surface area contributed by atoms with Crippen molar-refractivity contribution >= 4 is 0 Å². The predicted molar refractivity (Wildman–Crippen MR) is 64.9 cm³/mol. The van der Waals surface area contributed by atoms with Crippen LogP contribution < -0.4 is 5.73 Å². The van der Waals surface area contributed by atoms with Gasteiger partial charge in [-0.05, 0) is 30.5 Å². The summed E-state index contributed by atoms with van der Waals surface area (Å²) >= 11 is 0. The number of rotatable bonds is 4. The Morgan fingerprint density at radius 3 is 2.50 bits per heavy atom. The Hall–Kier alpha value is -1.75. The van der Waals surface area contributed by atoms with Crippen LogP contribution in [-0.4, -0.2) is 15.8 Å². The summed E-state index contributed by atoms with van der Waals surface area (Å²) in [7, 11) is 1.81. The maximum atomic E-state index is 13.4. The molecule has 2 aromatic rings. The highest BCUT2D eigenvalue weighted by Gasteiger charge is 2.13. The summed E-state index contributed by atoms with van der Waals surface area (Å²) in [6, 6.07) is 3.51. The molecule has 1 unspecified atom stereocenters. The average molecular weight is 251 g/mol. The molecular weight excluding hydrogens is 236 g/mol. The van der Waals surface area contributed by atoms with Crippen LogP contribution in [0.5, 0.6) is 0 Å². The third kappa shape index (κ3) is 2.92. The number of hydrogen-bond acceptors (Lipinski definition) is 2. The molecule has 0 aliphatic rings. The van der Waals surface area contributed by atoms with E-state index >= 15 is 0 Å². The molecule has 1 aromatic heterocycles. The maximum Gasteiger partial charge on any atom is 0.129 e. The summed E-state index contributed by atoms with van der Waals surface area (Å²) in [5.41, 5.74) is 6.92. The smallest absolute Gasteiger partial charge is 0.129 e. The molecule has 18 heavy (non-hydrogen) atoms. The van der Waals surface area contributed by atoms with E-state index in [-0.39, 0.29) is 18.0 Å². The molecule has 0 bridgehead atoms. The Labute approximate surface area is 104 Å². The van der Waals surface area contributed by atoms with Crippen molar-refractivity contribution in [1.29, 1.82) is 0 Å². The first-order chi connectivity index (χ1) is 8.56. The van der Waals surface area contributed by atoms with E-state index in [4.69, 9.17) is 5.73 Å². The van der Waals surface area contributed by atoms with Gasteiger partial charge in [0.25, 0.3) is 0 Å². The number of aromatic nitrogens is 2. The van der Waals surface area contributed by atoms with Crippen molar-refractivity contribution in [1.82, 2.24) is 9.78 Å². The van der Waals surface area contributed by atoms with Crippen LogP contribution in [0, 0.1) is 11.6 Å². The number of halogens is 2. The lowest BCUT2D eigenvalue weighted by Crippen LogP contribution is -2.26. The van der Waals surface area contributed by atoms with Gasteiger partial charge in [0, 0.05) is 24.8 Å². The van der Waals surface area contributed by atoms with Crippen molar-refractivity contribution in [3.05, 3.63) is 53.4 Å². The highest BCUT2D eigenvalue weighted by Crippen LogP contribution is 2.15. The number of benzene rings is 1. The zero-order chi connectivity index (χ0) is 13.1. The fourth-order valence-electron chi connectivity index (χ4n) is 1.94. The predicted octanol–water partition coefficient (Wildman–Crippen LogP) is 1.81. The van der Waals surface area contributed by atoms with Gasteiger partial charge >= 0.3 is 0 Å². The van der Waals surface area contributed by atoms with Crippen LogP contribution in [0.25, 0.3) is 0 Å². The Balaban J connectivity index is 2.05. The van der Waals surface area contributed by atoms with Gasteiger partial charge < -0.3 is 5.73 Å². The van der Waals surface area contributed by atoms with Gasteiger partial charge in [0.2, 0.25) is 0 Å². The molecule has 2 N–H and O–H groups in total. The van der Waals surface area contributed by atoms with Crippen molar-refractivity contribution in [2.75, 3.05) is 0 Å². The van der Waals surface area contributed by atoms with Crippen LogP contribution >= 0.6 is 0 Å². The minimum absolute atomic E-state index is 0.0499. The molecule has 0 spiro atoms. The molecule has 0 fully saturated rings. The lowest BCUT2D eigenvalue weighted by molar-refractivity contribution is 0.533. The fraction of sp³-hybridized carbons (Fsp3) is 0.308. The zero-order valence-electron chi connectivity index (χ0n) is 10.1. The monoisotopic (exact) mass is 251 g/mol. The van der Waals surface area contributed by atoms with Crippen molar-refractivity contribution in [2.45, 2.75) is 18.9 Å². The SMILES string of the molecule is Cn1cc(CC(N)Cc2c(F)cccc2F)cn1.